The maximum absolute atomic E-state index is 13.0. The molecule has 2 aromatic rings. The van der Waals surface area contributed by atoms with Gasteiger partial charge in [-0.2, -0.15) is 0 Å². The summed E-state index contributed by atoms with van der Waals surface area (Å²) in [5.41, 5.74) is 0.391. The van der Waals surface area contributed by atoms with E-state index < -0.39 is 17.0 Å². The number of ether oxygens (including phenoxy) is 1. The molecule has 0 aliphatic carbocycles. The highest BCUT2D eigenvalue weighted by molar-refractivity contribution is 5.92. The molecule has 1 fully saturated rings. The highest BCUT2D eigenvalue weighted by Crippen LogP contribution is 2.25. The Hall–Kier alpha value is -3.16. The number of aromatic nitrogens is 1. The van der Waals surface area contributed by atoms with E-state index in [-0.39, 0.29) is 17.3 Å². The van der Waals surface area contributed by atoms with E-state index in [4.69, 9.17) is 4.74 Å². The van der Waals surface area contributed by atoms with Gasteiger partial charge in [0.2, 0.25) is 6.10 Å². The lowest BCUT2D eigenvalue weighted by Crippen LogP contribution is -2.40. The molecular formula is C19H21N3O5. The first-order valence-corrected chi connectivity index (χ1v) is 8.83. The number of carbonyl (C=O) groups is 2. The number of nitrogens with zero attached hydrogens (tertiary/aromatic N) is 3. The van der Waals surface area contributed by atoms with E-state index in [2.05, 4.69) is 0 Å². The predicted octanol–water partition coefficient (Wildman–Crippen LogP) is 2.84. The van der Waals surface area contributed by atoms with E-state index in [9.17, 15) is 19.7 Å². The lowest BCUT2D eigenvalue weighted by molar-refractivity contribution is -0.384. The van der Waals surface area contributed by atoms with Crippen molar-refractivity contribution in [2.45, 2.75) is 25.4 Å². The summed E-state index contributed by atoms with van der Waals surface area (Å²) < 4.78 is 6.87. The molecular weight excluding hydrogens is 350 g/mol. The van der Waals surface area contributed by atoms with E-state index in [0.717, 1.165) is 25.3 Å². The predicted molar refractivity (Wildman–Crippen MR) is 97.1 cm³/mol. The van der Waals surface area contributed by atoms with Gasteiger partial charge in [-0.25, -0.2) is 4.79 Å². The molecule has 8 nitrogen and oxygen atoms in total. The third kappa shape index (κ3) is 4.16. The van der Waals surface area contributed by atoms with Gasteiger partial charge < -0.3 is 14.2 Å². The number of rotatable bonds is 5. The molecule has 1 aliphatic heterocycles. The molecule has 1 unspecified atom stereocenters. The fourth-order valence-corrected chi connectivity index (χ4v) is 3.19. The van der Waals surface area contributed by atoms with Crippen LogP contribution in [0.3, 0.4) is 0 Å². The second-order valence-corrected chi connectivity index (χ2v) is 6.53. The summed E-state index contributed by atoms with van der Waals surface area (Å²) >= 11 is 0. The summed E-state index contributed by atoms with van der Waals surface area (Å²) in [5.74, 6) is -1.04. The van der Waals surface area contributed by atoms with Crippen LogP contribution in [0.5, 0.6) is 0 Å². The third-order valence-electron chi connectivity index (χ3n) is 4.63. The van der Waals surface area contributed by atoms with Gasteiger partial charge in [-0.15, -0.1) is 0 Å². The van der Waals surface area contributed by atoms with Crippen molar-refractivity contribution < 1.29 is 19.2 Å². The van der Waals surface area contributed by atoms with Crippen molar-refractivity contribution in [1.29, 1.82) is 0 Å². The van der Waals surface area contributed by atoms with Gasteiger partial charge in [0.15, 0.2) is 0 Å². The molecule has 0 saturated carbocycles. The van der Waals surface area contributed by atoms with Gasteiger partial charge in [-0.1, -0.05) is 30.3 Å². The first-order chi connectivity index (χ1) is 13.0. The zero-order chi connectivity index (χ0) is 19.4. The maximum atomic E-state index is 13.0. The third-order valence-corrected chi connectivity index (χ3v) is 4.63. The number of likely N-dealkylation sites (tertiary alicyclic amines) is 1. The van der Waals surface area contributed by atoms with Crippen LogP contribution in [0.1, 0.15) is 41.4 Å². The van der Waals surface area contributed by atoms with Crippen LogP contribution in [-0.2, 0) is 16.6 Å². The summed E-state index contributed by atoms with van der Waals surface area (Å²) in [6, 6.07) is 9.96. The molecule has 0 bridgehead atoms. The Morgan fingerprint density at radius 3 is 2.41 bits per heavy atom. The summed E-state index contributed by atoms with van der Waals surface area (Å²) in [4.78, 5) is 37.7. The number of amides is 1. The van der Waals surface area contributed by atoms with Gasteiger partial charge >= 0.3 is 5.97 Å². The van der Waals surface area contributed by atoms with Crippen LogP contribution in [0.25, 0.3) is 0 Å². The molecule has 8 heteroatoms. The number of carbonyl (C=O) groups excluding carboxylic acids is 2. The Kier molecular flexibility index (Phi) is 5.54. The van der Waals surface area contributed by atoms with Crippen LogP contribution in [0.2, 0.25) is 0 Å². The van der Waals surface area contributed by atoms with Crippen molar-refractivity contribution in [1.82, 2.24) is 9.47 Å². The quantitative estimate of drug-likeness (QED) is 0.458. The number of nitro groups is 1. The smallest absolute Gasteiger partial charge is 0.356 e. The second kappa shape index (κ2) is 8.03. The van der Waals surface area contributed by atoms with Crippen LogP contribution >= 0.6 is 0 Å². The molecule has 2 heterocycles. The average molecular weight is 371 g/mol. The molecule has 1 amide bonds. The molecule has 1 atom stereocenters. The molecule has 1 saturated heterocycles. The first-order valence-electron chi connectivity index (χ1n) is 8.83. The standard InChI is InChI=1S/C19H21N3O5/c1-20-13-15(22(25)26)12-16(20)19(24)27-17(14-8-4-2-5-9-14)18(23)21-10-6-3-7-11-21/h2,4-5,8-9,12-13,17H,3,6-7,10-11H2,1H3. The average Bonchev–Trinajstić information content (AvgIpc) is 3.09. The van der Waals surface area contributed by atoms with Crippen molar-refractivity contribution in [3.05, 3.63) is 64.0 Å². The topological polar surface area (TPSA) is 94.7 Å². The first kappa shape index (κ1) is 18.6. The lowest BCUT2D eigenvalue weighted by atomic mass is 10.1. The zero-order valence-corrected chi connectivity index (χ0v) is 15.0. The van der Waals surface area contributed by atoms with Crippen molar-refractivity contribution in [2.75, 3.05) is 13.1 Å². The van der Waals surface area contributed by atoms with Crippen LogP contribution in [0.4, 0.5) is 5.69 Å². The Labute approximate surface area is 156 Å². The van der Waals surface area contributed by atoms with Crippen LogP contribution < -0.4 is 0 Å². The van der Waals surface area contributed by atoms with Gasteiger partial charge in [-0.3, -0.25) is 14.9 Å². The second-order valence-electron chi connectivity index (χ2n) is 6.53. The molecule has 1 aliphatic rings. The van der Waals surface area contributed by atoms with Crippen LogP contribution in [0, 0.1) is 10.1 Å². The van der Waals surface area contributed by atoms with Crippen molar-refractivity contribution in [3.8, 4) is 0 Å². The molecule has 0 radical (unpaired) electrons. The molecule has 0 N–H and O–H groups in total. The van der Waals surface area contributed by atoms with E-state index in [1.54, 1.807) is 29.2 Å². The van der Waals surface area contributed by atoms with Crippen LogP contribution in [-0.4, -0.2) is 39.4 Å². The number of hydrogen-bond acceptors (Lipinski definition) is 5. The van der Waals surface area contributed by atoms with Gasteiger partial charge in [-0.05, 0) is 19.3 Å². The molecule has 1 aromatic carbocycles. The molecule has 27 heavy (non-hydrogen) atoms. The van der Waals surface area contributed by atoms with Gasteiger partial charge in [0.1, 0.15) is 5.69 Å². The Balaban J connectivity index is 1.86. The lowest BCUT2D eigenvalue weighted by Gasteiger charge is -2.30. The maximum Gasteiger partial charge on any atom is 0.356 e. The van der Waals surface area contributed by atoms with Crippen molar-refractivity contribution in [2.24, 2.45) is 7.05 Å². The van der Waals surface area contributed by atoms with E-state index >= 15 is 0 Å². The Morgan fingerprint density at radius 1 is 1.15 bits per heavy atom. The number of benzene rings is 1. The zero-order valence-electron chi connectivity index (χ0n) is 15.0. The van der Waals surface area contributed by atoms with Gasteiger partial charge in [0.25, 0.3) is 11.6 Å². The summed E-state index contributed by atoms with van der Waals surface area (Å²) in [7, 11) is 1.52. The summed E-state index contributed by atoms with van der Waals surface area (Å²) in [5, 5.41) is 10.9. The monoisotopic (exact) mass is 371 g/mol. The molecule has 0 spiro atoms. The minimum Gasteiger partial charge on any atom is -0.443 e. The largest absolute Gasteiger partial charge is 0.443 e. The SMILES string of the molecule is Cn1cc([N+](=O)[O-])cc1C(=O)OC(C(=O)N1CCCCC1)c1ccccc1. The fraction of sp³-hybridized carbons (Fsp3) is 0.368. The Bertz CT molecular complexity index is 840. The van der Waals surface area contributed by atoms with E-state index in [0.29, 0.717) is 18.7 Å². The van der Waals surface area contributed by atoms with E-state index in [1.165, 1.54) is 17.8 Å². The minimum absolute atomic E-state index is 0.0223. The number of esters is 1. The number of aryl methyl sites for hydroxylation is 1. The molecule has 1 aromatic heterocycles. The minimum atomic E-state index is -1.08. The highest BCUT2D eigenvalue weighted by atomic mass is 16.6. The number of piperidine rings is 1. The number of hydrogen-bond donors (Lipinski definition) is 0. The van der Waals surface area contributed by atoms with Crippen LogP contribution in [0.15, 0.2) is 42.6 Å². The van der Waals surface area contributed by atoms with Crippen molar-refractivity contribution >= 4 is 17.6 Å². The molecule has 3 rings (SSSR count). The summed E-state index contributed by atoms with van der Waals surface area (Å²) in [6.07, 6.45) is 3.08. The van der Waals surface area contributed by atoms with Gasteiger partial charge in [0.05, 0.1) is 11.1 Å². The fourth-order valence-electron chi connectivity index (χ4n) is 3.19. The Morgan fingerprint density at radius 2 is 1.81 bits per heavy atom. The van der Waals surface area contributed by atoms with E-state index in [1.807, 2.05) is 6.07 Å². The molecule has 142 valence electrons. The van der Waals surface area contributed by atoms with Crippen molar-refractivity contribution in [3.63, 3.8) is 0 Å². The van der Waals surface area contributed by atoms with Gasteiger partial charge in [0, 0.05) is 31.8 Å². The summed E-state index contributed by atoms with van der Waals surface area (Å²) in [6.45, 7) is 1.27. The normalized spacial score (nSPS) is 15.2. The highest BCUT2D eigenvalue weighted by Gasteiger charge is 2.31.